The van der Waals surface area contributed by atoms with Gasteiger partial charge in [-0.3, -0.25) is 9.20 Å². The maximum absolute atomic E-state index is 13.2. The number of carbonyl (C=O) groups excluding carboxylic acids is 1. The lowest BCUT2D eigenvalue weighted by atomic mass is 10.1. The summed E-state index contributed by atoms with van der Waals surface area (Å²) in [5.41, 5.74) is -0.897. The molecule has 0 aliphatic carbocycles. The predicted molar refractivity (Wildman–Crippen MR) is 88.7 cm³/mol. The van der Waals surface area contributed by atoms with Gasteiger partial charge in [0.1, 0.15) is 0 Å². The van der Waals surface area contributed by atoms with E-state index in [-0.39, 0.29) is 17.4 Å². The van der Waals surface area contributed by atoms with Crippen molar-refractivity contribution in [1.82, 2.24) is 9.38 Å². The van der Waals surface area contributed by atoms with Crippen molar-refractivity contribution in [3.63, 3.8) is 0 Å². The number of nitrogens with zero attached hydrogens (tertiary/aromatic N) is 2. The van der Waals surface area contributed by atoms with Gasteiger partial charge in [-0.05, 0) is 37.3 Å². The van der Waals surface area contributed by atoms with Crippen molar-refractivity contribution in [3.8, 4) is 11.5 Å². The Morgan fingerprint density at radius 3 is 2.85 bits per heavy atom. The Balaban J connectivity index is 1.71. The Kier molecular flexibility index (Phi) is 3.76. The van der Waals surface area contributed by atoms with E-state index in [4.69, 9.17) is 9.47 Å². The molecule has 9 heteroatoms. The van der Waals surface area contributed by atoms with Crippen molar-refractivity contribution < 1.29 is 27.4 Å². The summed E-state index contributed by atoms with van der Waals surface area (Å²) in [4.78, 5) is 17.1. The number of ketones is 1. The summed E-state index contributed by atoms with van der Waals surface area (Å²) in [6.45, 7) is 1.85. The number of alkyl halides is 3. The Morgan fingerprint density at radius 2 is 2.08 bits per heavy atom. The van der Waals surface area contributed by atoms with Crippen LogP contribution in [0.3, 0.4) is 0 Å². The lowest BCUT2D eigenvalue weighted by Crippen LogP contribution is -2.08. The van der Waals surface area contributed by atoms with Crippen LogP contribution in [0.15, 0.2) is 30.5 Å². The molecule has 0 saturated carbocycles. The molecular weight excluding hydrogens is 369 g/mol. The molecule has 0 amide bonds. The van der Waals surface area contributed by atoms with E-state index in [9.17, 15) is 18.0 Å². The van der Waals surface area contributed by atoms with E-state index in [0.717, 1.165) is 28.4 Å². The first-order valence-electron chi connectivity index (χ1n) is 7.50. The number of aryl methyl sites for hydroxylation is 1. The molecule has 0 fully saturated rings. The first kappa shape index (κ1) is 16.6. The van der Waals surface area contributed by atoms with Crippen molar-refractivity contribution in [1.29, 1.82) is 0 Å². The number of allylic oxidation sites excluding steroid dienone is 1. The Bertz CT molecular complexity index is 1050. The molecule has 5 nitrogen and oxygen atoms in total. The number of carbonyl (C=O) groups is 1. The van der Waals surface area contributed by atoms with Crippen molar-refractivity contribution in [2.24, 2.45) is 0 Å². The zero-order chi connectivity index (χ0) is 18.5. The molecule has 2 aromatic heterocycles. The van der Waals surface area contributed by atoms with Gasteiger partial charge in [0, 0.05) is 16.6 Å². The highest BCUT2D eigenvalue weighted by atomic mass is 32.1. The van der Waals surface area contributed by atoms with Gasteiger partial charge in [-0.1, -0.05) is 0 Å². The van der Waals surface area contributed by atoms with Gasteiger partial charge in [-0.2, -0.15) is 13.2 Å². The molecule has 0 unspecified atom stereocenters. The molecule has 1 aromatic carbocycles. The number of hydrogen-bond acceptors (Lipinski definition) is 5. The van der Waals surface area contributed by atoms with Crippen molar-refractivity contribution >= 4 is 28.2 Å². The van der Waals surface area contributed by atoms with E-state index in [1.165, 1.54) is 16.5 Å². The highest BCUT2D eigenvalue weighted by molar-refractivity contribution is 7.17. The van der Waals surface area contributed by atoms with E-state index in [0.29, 0.717) is 17.1 Å². The molecule has 0 atom stereocenters. The van der Waals surface area contributed by atoms with Crippen LogP contribution in [0.1, 0.15) is 26.6 Å². The molecule has 1 aliphatic heterocycles. The molecule has 3 aromatic rings. The fraction of sp³-hybridized carbons (Fsp3) is 0.176. The summed E-state index contributed by atoms with van der Waals surface area (Å²) in [5.74, 6) is 0.509. The number of halogens is 3. The molecule has 3 heterocycles. The zero-order valence-electron chi connectivity index (χ0n) is 13.3. The van der Waals surface area contributed by atoms with Gasteiger partial charge in [0.05, 0.1) is 5.69 Å². The summed E-state index contributed by atoms with van der Waals surface area (Å²) < 4.78 is 51.4. The molecule has 0 saturated heterocycles. The average molecular weight is 380 g/mol. The van der Waals surface area contributed by atoms with Crippen LogP contribution in [-0.2, 0) is 6.18 Å². The van der Waals surface area contributed by atoms with E-state index >= 15 is 0 Å². The second-order valence-electron chi connectivity index (χ2n) is 5.60. The SMILES string of the molecule is Cc1cn2c(/C=C/C(=O)c3ccc4c(c3)OCO4)c(C(F)(F)F)nc2s1. The highest BCUT2D eigenvalue weighted by Crippen LogP contribution is 2.35. The Hall–Kier alpha value is -2.81. The number of imidazole rings is 1. The monoisotopic (exact) mass is 380 g/mol. The normalized spacial score (nSPS) is 13.8. The number of aromatic nitrogens is 2. The van der Waals surface area contributed by atoms with Crippen molar-refractivity contribution in [2.45, 2.75) is 13.1 Å². The molecule has 0 bridgehead atoms. The minimum atomic E-state index is -4.61. The number of hydrogen-bond donors (Lipinski definition) is 0. The van der Waals surface area contributed by atoms with Crippen LogP contribution >= 0.6 is 11.3 Å². The second kappa shape index (κ2) is 5.87. The van der Waals surface area contributed by atoms with Gasteiger partial charge in [-0.25, -0.2) is 4.98 Å². The molecule has 26 heavy (non-hydrogen) atoms. The summed E-state index contributed by atoms with van der Waals surface area (Å²) in [6.07, 6.45) is -0.806. The molecule has 134 valence electrons. The molecular formula is C17H11F3N2O3S. The van der Waals surface area contributed by atoms with Crippen LogP contribution < -0.4 is 9.47 Å². The van der Waals surface area contributed by atoms with Gasteiger partial charge in [0.2, 0.25) is 6.79 Å². The molecule has 0 spiro atoms. The quantitative estimate of drug-likeness (QED) is 0.501. The molecule has 0 radical (unpaired) electrons. The predicted octanol–water partition coefficient (Wildman–Crippen LogP) is 4.35. The summed E-state index contributed by atoms with van der Waals surface area (Å²) in [5, 5.41) is 0. The summed E-state index contributed by atoms with van der Waals surface area (Å²) in [7, 11) is 0. The number of ether oxygens (including phenoxy) is 2. The van der Waals surface area contributed by atoms with Gasteiger partial charge in [0.25, 0.3) is 0 Å². The Labute approximate surface area is 149 Å². The van der Waals surface area contributed by atoms with Crippen molar-refractivity contribution in [2.75, 3.05) is 6.79 Å². The van der Waals surface area contributed by atoms with Gasteiger partial charge in [0.15, 0.2) is 27.9 Å². The first-order valence-corrected chi connectivity index (χ1v) is 8.32. The Morgan fingerprint density at radius 1 is 1.31 bits per heavy atom. The molecule has 1 aliphatic rings. The van der Waals surface area contributed by atoms with Gasteiger partial charge in [-0.15, -0.1) is 11.3 Å². The number of thiazole rings is 1. The largest absolute Gasteiger partial charge is 0.454 e. The number of fused-ring (bicyclic) bond motifs is 2. The van der Waals surface area contributed by atoms with Crippen molar-refractivity contribution in [3.05, 3.63) is 52.3 Å². The number of benzene rings is 1. The van der Waals surface area contributed by atoms with E-state index in [2.05, 4.69) is 4.98 Å². The van der Waals surface area contributed by atoms with Crippen LogP contribution in [0.4, 0.5) is 13.2 Å². The number of rotatable bonds is 3. The third kappa shape index (κ3) is 2.84. The van der Waals surface area contributed by atoms with Crippen LogP contribution in [0.2, 0.25) is 0 Å². The first-order chi connectivity index (χ1) is 12.3. The average Bonchev–Trinajstić information content (AvgIpc) is 3.25. The zero-order valence-corrected chi connectivity index (χ0v) is 14.1. The van der Waals surface area contributed by atoms with Crippen LogP contribution in [0, 0.1) is 6.92 Å². The second-order valence-corrected chi connectivity index (χ2v) is 6.82. The topological polar surface area (TPSA) is 52.8 Å². The van der Waals surface area contributed by atoms with E-state index in [1.807, 2.05) is 0 Å². The fourth-order valence-electron chi connectivity index (χ4n) is 2.64. The lowest BCUT2D eigenvalue weighted by molar-refractivity contribution is -0.140. The third-order valence-electron chi connectivity index (χ3n) is 3.80. The minimum absolute atomic E-state index is 0.0725. The highest BCUT2D eigenvalue weighted by Gasteiger charge is 2.37. The maximum atomic E-state index is 13.2. The standard InChI is InChI=1S/C17H11F3N2O3S/c1-9-7-22-11(15(17(18,19)20)21-16(22)26-9)3-4-12(23)10-2-5-13-14(6-10)25-8-24-13/h2-7H,8H2,1H3/b4-3+. The van der Waals surface area contributed by atoms with E-state index < -0.39 is 17.7 Å². The summed E-state index contributed by atoms with van der Waals surface area (Å²) in [6, 6.07) is 4.62. The van der Waals surface area contributed by atoms with Crippen LogP contribution in [-0.4, -0.2) is 22.0 Å². The third-order valence-corrected chi connectivity index (χ3v) is 4.69. The lowest BCUT2D eigenvalue weighted by Gasteiger charge is -2.04. The van der Waals surface area contributed by atoms with Gasteiger partial charge < -0.3 is 9.47 Å². The van der Waals surface area contributed by atoms with Crippen LogP contribution in [0.5, 0.6) is 11.5 Å². The molecule has 0 N–H and O–H groups in total. The smallest absolute Gasteiger partial charge is 0.435 e. The molecule has 4 rings (SSSR count). The van der Waals surface area contributed by atoms with Gasteiger partial charge >= 0.3 is 6.18 Å². The summed E-state index contributed by atoms with van der Waals surface area (Å²) >= 11 is 1.15. The maximum Gasteiger partial charge on any atom is 0.435 e. The van der Waals surface area contributed by atoms with E-state index in [1.54, 1.807) is 19.2 Å². The minimum Gasteiger partial charge on any atom is -0.454 e. The van der Waals surface area contributed by atoms with Crippen LogP contribution in [0.25, 0.3) is 11.0 Å². The fourth-order valence-corrected chi connectivity index (χ4v) is 3.47.